The molecule has 1 saturated heterocycles. The summed E-state index contributed by atoms with van der Waals surface area (Å²) in [5.74, 6) is -0.607. The van der Waals surface area contributed by atoms with Gasteiger partial charge in [-0.2, -0.15) is 0 Å². The molecular weight excluding hydrogens is 410 g/mol. The Kier molecular flexibility index (Phi) is 6.15. The molecule has 0 radical (unpaired) electrons. The Hall–Kier alpha value is -1.06. The van der Waals surface area contributed by atoms with Crippen molar-refractivity contribution >= 4 is 31.5 Å². The van der Waals surface area contributed by atoms with Crippen LogP contribution in [0, 0.1) is 5.92 Å². The molecule has 1 aromatic heterocycles. The highest BCUT2D eigenvalue weighted by molar-refractivity contribution is 6.74. The predicted molar refractivity (Wildman–Crippen MR) is 115 cm³/mol. The van der Waals surface area contributed by atoms with Crippen molar-refractivity contribution in [3.8, 4) is 0 Å². The third-order valence-corrected chi connectivity index (χ3v) is 10.9. The first kappa shape index (κ1) is 22.6. The highest BCUT2D eigenvalue weighted by Crippen LogP contribution is 2.46. The molecule has 2 heterocycles. The van der Waals surface area contributed by atoms with E-state index in [1.807, 2.05) is 13.8 Å². The number of ether oxygens (including phenoxy) is 2. The van der Waals surface area contributed by atoms with Gasteiger partial charge in [0, 0.05) is 12.4 Å². The number of Topliss-reactive ketones (excluding diaryl/α,β-unsaturated/α-hetero) is 1. The second-order valence-corrected chi connectivity index (χ2v) is 15.0. The topological polar surface area (TPSA) is 82.6 Å². The third kappa shape index (κ3) is 4.82. The average Bonchev–Trinajstić information content (AvgIpc) is 3.06. The number of aromatic nitrogens is 2. The first-order valence-corrected chi connectivity index (χ1v) is 13.4. The fourth-order valence-electron chi connectivity index (χ4n) is 3.66. The summed E-state index contributed by atoms with van der Waals surface area (Å²) in [6.07, 6.45) is 2.92. The Morgan fingerprint density at radius 3 is 2.52 bits per heavy atom. The van der Waals surface area contributed by atoms with Gasteiger partial charge >= 0.3 is 0 Å². The summed E-state index contributed by atoms with van der Waals surface area (Å²) >= 11 is 6.02. The molecule has 7 nitrogen and oxygen atoms in total. The van der Waals surface area contributed by atoms with Gasteiger partial charge in [-0.1, -0.05) is 32.4 Å². The highest BCUT2D eigenvalue weighted by Gasteiger charge is 2.57. The molecule has 1 N–H and O–H groups in total. The van der Waals surface area contributed by atoms with Gasteiger partial charge in [0.2, 0.25) is 0 Å². The molecule has 9 heteroatoms. The maximum atomic E-state index is 13.1. The number of hydrogen-bond acceptors (Lipinski definition) is 7. The van der Waals surface area contributed by atoms with E-state index >= 15 is 0 Å². The molecule has 29 heavy (non-hydrogen) atoms. The fraction of sp³-hybridized carbons (Fsp3) is 0.750. The Labute approximate surface area is 179 Å². The van der Waals surface area contributed by atoms with E-state index in [9.17, 15) is 4.79 Å². The number of carbonyl (C=O) groups excluding carboxylic acids is 1. The van der Waals surface area contributed by atoms with Crippen LogP contribution < -0.4 is 5.32 Å². The lowest BCUT2D eigenvalue weighted by atomic mass is 9.99. The number of anilines is 1. The zero-order valence-electron chi connectivity index (χ0n) is 18.3. The van der Waals surface area contributed by atoms with Crippen LogP contribution in [0.5, 0.6) is 0 Å². The summed E-state index contributed by atoms with van der Waals surface area (Å²) in [5, 5.41) is 3.31. The monoisotopic (exact) mass is 441 g/mol. The van der Waals surface area contributed by atoms with E-state index in [1.165, 1.54) is 12.4 Å². The highest BCUT2D eigenvalue weighted by atomic mass is 35.5. The number of hydrogen-bond donors (Lipinski definition) is 1. The number of nitrogens with one attached hydrogen (secondary N) is 1. The summed E-state index contributed by atoms with van der Waals surface area (Å²) in [6, 6.07) is 0. The molecule has 0 bridgehead atoms. The number of nitrogens with zero attached hydrogens (tertiary/aromatic N) is 2. The first-order chi connectivity index (χ1) is 13.3. The van der Waals surface area contributed by atoms with Crippen molar-refractivity contribution in [1.29, 1.82) is 0 Å². The molecule has 1 aromatic rings. The van der Waals surface area contributed by atoms with Crippen LogP contribution in [0.25, 0.3) is 0 Å². The minimum Gasteiger partial charge on any atom is -0.411 e. The largest absolute Gasteiger partial charge is 0.411 e. The second kappa shape index (κ2) is 7.89. The van der Waals surface area contributed by atoms with E-state index in [4.69, 9.17) is 25.5 Å². The van der Waals surface area contributed by atoms with Crippen LogP contribution in [0.4, 0.5) is 5.82 Å². The molecule has 1 saturated carbocycles. The van der Waals surface area contributed by atoms with Crippen LogP contribution in [-0.2, 0) is 18.7 Å². The van der Waals surface area contributed by atoms with Crippen molar-refractivity contribution < 1.29 is 18.7 Å². The standard InChI is InChI=1S/C20H32ClN3O4Si/c1-19(2,3)29(6,7)28-14-10-12(15-16(14)27-20(4,5)26-15)13(25)11-24-18-17(21)22-8-9-23-18/h8-9,12,14-16H,10-11H2,1-7H3,(H,23,24)/t12-,14+,15-,16+/m0/s1. The number of ketones is 1. The Morgan fingerprint density at radius 2 is 1.90 bits per heavy atom. The Bertz CT molecular complexity index is 768. The van der Waals surface area contributed by atoms with Crippen LogP contribution in [0.1, 0.15) is 41.0 Å². The Balaban J connectivity index is 1.73. The second-order valence-electron chi connectivity index (χ2n) is 9.84. The molecule has 0 amide bonds. The maximum absolute atomic E-state index is 13.1. The van der Waals surface area contributed by atoms with Crippen LogP contribution in [0.3, 0.4) is 0 Å². The minimum atomic E-state index is -2.02. The fourth-order valence-corrected chi connectivity index (χ4v) is 5.17. The maximum Gasteiger partial charge on any atom is 0.192 e. The van der Waals surface area contributed by atoms with Gasteiger partial charge in [0.25, 0.3) is 0 Å². The van der Waals surface area contributed by atoms with Crippen LogP contribution >= 0.6 is 11.6 Å². The molecule has 1 aliphatic heterocycles. The zero-order chi connectivity index (χ0) is 21.6. The molecular formula is C20H32ClN3O4Si. The van der Waals surface area contributed by atoms with Crippen LogP contribution in [0.2, 0.25) is 23.3 Å². The molecule has 3 rings (SSSR count). The van der Waals surface area contributed by atoms with Gasteiger partial charge in [0.05, 0.1) is 24.7 Å². The van der Waals surface area contributed by atoms with E-state index < -0.39 is 14.1 Å². The molecule has 2 aliphatic rings. The number of carbonyl (C=O) groups is 1. The average molecular weight is 442 g/mol. The molecule has 2 fully saturated rings. The molecule has 0 unspecified atom stereocenters. The summed E-state index contributed by atoms with van der Waals surface area (Å²) in [7, 11) is -2.02. The van der Waals surface area contributed by atoms with Crippen molar-refractivity contribution in [3.63, 3.8) is 0 Å². The molecule has 162 valence electrons. The lowest BCUT2D eigenvalue weighted by molar-refractivity contribution is -0.167. The molecule has 4 atom stereocenters. The zero-order valence-corrected chi connectivity index (χ0v) is 20.0. The smallest absolute Gasteiger partial charge is 0.192 e. The van der Waals surface area contributed by atoms with E-state index in [0.717, 1.165) is 0 Å². The van der Waals surface area contributed by atoms with Gasteiger partial charge in [0.1, 0.15) is 6.10 Å². The summed E-state index contributed by atoms with van der Waals surface area (Å²) in [4.78, 5) is 21.2. The SMILES string of the molecule is CC1(C)O[C@@H]2[C@H](O1)[C@H](O[Si](C)(C)C(C)(C)C)C[C@H]2C(=O)CNc1nccnc1Cl. The quantitative estimate of drug-likeness (QED) is 0.667. The lowest BCUT2D eigenvalue weighted by Gasteiger charge is -2.39. The Morgan fingerprint density at radius 1 is 1.28 bits per heavy atom. The van der Waals surface area contributed by atoms with Crippen molar-refractivity contribution in [3.05, 3.63) is 17.5 Å². The number of fused-ring (bicyclic) bond motifs is 1. The third-order valence-electron chi connectivity index (χ3n) is 6.16. The van der Waals surface area contributed by atoms with Crippen LogP contribution in [0.15, 0.2) is 12.4 Å². The molecule has 0 aromatic carbocycles. The van der Waals surface area contributed by atoms with Crippen molar-refractivity contribution in [1.82, 2.24) is 9.97 Å². The van der Waals surface area contributed by atoms with Gasteiger partial charge in [0.15, 0.2) is 30.9 Å². The molecule has 1 aliphatic carbocycles. The summed E-state index contributed by atoms with van der Waals surface area (Å²) < 4.78 is 18.9. The van der Waals surface area contributed by atoms with Gasteiger partial charge in [-0.15, -0.1) is 0 Å². The minimum absolute atomic E-state index is 0.0318. The van der Waals surface area contributed by atoms with Gasteiger partial charge < -0.3 is 19.2 Å². The molecule has 0 spiro atoms. The van der Waals surface area contributed by atoms with Gasteiger partial charge in [-0.25, -0.2) is 9.97 Å². The number of halogens is 1. The summed E-state index contributed by atoms with van der Waals surface area (Å²) in [5.41, 5.74) is 0. The van der Waals surface area contributed by atoms with Crippen molar-refractivity contribution in [2.75, 3.05) is 11.9 Å². The normalized spacial score (nSPS) is 29.0. The van der Waals surface area contributed by atoms with Crippen molar-refractivity contribution in [2.45, 2.75) is 83.3 Å². The number of rotatable bonds is 6. The van der Waals surface area contributed by atoms with E-state index in [0.29, 0.717) is 12.2 Å². The van der Waals surface area contributed by atoms with Crippen LogP contribution in [-0.4, -0.2) is 54.7 Å². The van der Waals surface area contributed by atoms with E-state index in [1.54, 1.807) is 0 Å². The van der Waals surface area contributed by atoms with E-state index in [-0.39, 0.29) is 46.7 Å². The first-order valence-electron chi connectivity index (χ1n) is 10.1. The predicted octanol–water partition coefficient (Wildman–Crippen LogP) is 4.04. The van der Waals surface area contributed by atoms with Gasteiger partial charge in [-0.05, 0) is 38.4 Å². The van der Waals surface area contributed by atoms with Crippen molar-refractivity contribution in [2.24, 2.45) is 5.92 Å². The van der Waals surface area contributed by atoms with E-state index in [2.05, 4.69) is 49.1 Å². The lowest BCUT2D eigenvalue weighted by Crippen LogP contribution is -2.46. The summed E-state index contributed by atoms with van der Waals surface area (Å²) in [6.45, 7) is 14.9. The van der Waals surface area contributed by atoms with Gasteiger partial charge in [-0.3, -0.25) is 4.79 Å².